The SMILES string of the molecule is COc1ccc(-c2nc(Br)[nH]c2CC(=O)O)cc1C. The lowest BCUT2D eigenvalue weighted by atomic mass is 10.1. The van der Waals surface area contributed by atoms with Crippen LogP contribution < -0.4 is 4.74 Å². The van der Waals surface area contributed by atoms with Crippen molar-refractivity contribution < 1.29 is 14.6 Å². The molecule has 1 heterocycles. The first-order chi connectivity index (χ1) is 9.01. The topological polar surface area (TPSA) is 75.2 Å². The molecule has 0 saturated heterocycles. The molecule has 1 aromatic heterocycles. The highest BCUT2D eigenvalue weighted by molar-refractivity contribution is 9.10. The maximum absolute atomic E-state index is 10.8. The standard InChI is InChI=1S/C13H13BrN2O3/c1-7-5-8(3-4-10(7)19-2)12-9(6-11(17)18)15-13(14)16-12/h3-5H,6H2,1-2H3,(H,15,16)(H,17,18). The van der Waals surface area contributed by atoms with E-state index < -0.39 is 5.97 Å². The monoisotopic (exact) mass is 324 g/mol. The quantitative estimate of drug-likeness (QED) is 0.906. The number of carbonyl (C=O) groups is 1. The molecule has 0 amide bonds. The number of hydrogen-bond acceptors (Lipinski definition) is 3. The number of rotatable bonds is 4. The van der Waals surface area contributed by atoms with Crippen molar-refractivity contribution in [3.63, 3.8) is 0 Å². The number of ether oxygens (including phenoxy) is 1. The number of nitrogens with one attached hydrogen (secondary N) is 1. The molecule has 0 bridgehead atoms. The van der Waals surface area contributed by atoms with Crippen LogP contribution in [0.5, 0.6) is 5.75 Å². The smallest absolute Gasteiger partial charge is 0.309 e. The largest absolute Gasteiger partial charge is 0.496 e. The second-order valence-corrected chi connectivity index (χ2v) is 4.86. The predicted molar refractivity (Wildman–Crippen MR) is 74.4 cm³/mol. The third-order valence-corrected chi connectivity index (χ3v) is 3.12. The van der Waals surface area contributed by atoms with Gasteiger partial charge in [-0.3, -0.25) is 4.79 Å². The number of halogens is 1. The molecular formula is C13H13BrN2O3. The fraction of sp³-hybridized carbons (Fsp3) is 0.231. The molecule has 2 N–H and O–H groups in total. The summed E-state index contributed by atoms with van der Waals surface area (Å²) < 4.78 is 5.72. The van der Waals surface area contributed by atoms with Crippen LogP contribution in [-0.2, 0) is 11.2 Å². The van der Waals surface area contributed by atoms with Gasteiger partial charge in [0.25, 0.3) is 0 Å². The van der Waals surface area contributed by atoms with Gasteiger partial charge in [0.05, 0.1) is 24.9 Å². The van der Waals surface area contributed by atoms with E-state index in [2.05, 4.69) is 25.9 Å². The van der Waals surface area contributed by atoms with Gasteiger partial charge >= 0.3 is 5.97 Å². The summed E-state index contributed by atoms with van der Waals surface area (Å²) in [5, 5.41) is 8.90. The minimum atomic E-state index is -0.900. The Balaban J connectivity index is 2.46. The van der Waals surface area contributed by atoms with E-state index >= 15 is 0 Å². The number of nitrogens with zero attached hydrogens (tertiary/aromatic N) is 1. The number of aliphatic carboxylic acids is 1. The fourth-order valence-electron chi connectivity index (χ4n) is 1.92. The molecule has 0 aliphatic rings. The minimum absolute atomic E-state index is 0.0982. The van der Waals surface area contributed by atoms with Crippen LogP contribution in [0, 0.1) is 6.92 Å². The molecule has 6 heteroatoms. The molecule has 0 spiro atoms. The first-order valence-electron chi connectivity index (χ1n) is 5.62. The zero-order valence-electron chi connectivity index (χ0n) is 10.5. The van der Waals surface area contributed by atoms with Gasteiger partial charge in [-0.05, 0) is 46.6 Å². The van der Waals surface area contributed by atoms with E-state index in [-0.39, 0.29) is 6.42 Å². The number of methoxy groups -OCH3 is 1. The Morgan fingerprint density at radius 1 is 1.53 bits per heavy atom. The molecule has 19 heavy (non-hydrogen) atoms. The molecule has 0 aliphatic carbocycles. The maximum atomic E-state index is 10.8. The van der Waals surface area contributed by atoms with Crippen molar-refractivity contribution >= 4 is 21.9 Å². The van der Waals surface area contributed by atoms with Crippen molar-refractivity contribution in [3.05, 3.63) is 34.2 Å². The lowest BCUT2D eigenvalue weighted by Gasteiger charge is -2.07. The molecule has 100 valence electrons. The zero-order valence-corrected chi connectivity index (χ0v) is 12.1. The number of benzene rings is 1. The first kappa shape index (κ1) is 13.6. The van der Waals surface area contributed by atoms with E-state index in [9.17, 15) is 4.79 Å². The highest BCUT2D eigenvalue weighted by Gasteiger charge is 2.14. The lowest BCUT2D eigenvalue weighted by Crippen LogP contribution is -2.02. The molecule has 2 aromatic rings. The highest BCUT2D eigenvalue weighted by atomic mass is 79.9. The summed E-state index contributed by atoms with van der Waals surface area (Å²) in [7, 11) is 1.61. The molecule has 0 unspecified atom stereocenters. The van der Waals surface area contributed by atoms with Crippen molar-refractivity contribution in [2.45, 2.75) is 13.3 Å². The number of aromatic nitrogens is 2. The molecule has 0 saturated carbocycles. The van der Waals surface area contributed by atoms with Crippen LogP contribution in [0.2, 0.25) is 0 Å². The van der Waals surface area contributed by atoms with Crippen molar-refractivity contribution in [1.82, 2.24) is 9.97 Å². The summed E-state index contributed by atoms with van der Waals surface area (Å²) >= 11 is 3.23. The van der Waals surface area contributed by atoms with Crippen LogP contribution in [0.25, 0.3) is 11.3 Å². The Morgan fingerprint density at radius 2 is 2.26 bits per heavy atom. The number of H-pyrrole nitrogens is 1. The van der Waals surface area contributed by atoms with Gasteiger partial charge in [-0.15, -0.1) is 0 Å². The zero-order chi connectivity index (χ0) is 14.0. The van der Waals surface area contributed by atoms with Gasteiger partial charge in [-0.1, -0.05) is 0 Å². The second kappa shape index (κ2) is 5.44. The summed E-state index contributed by atoms with van der Waals surface area (Å²) in [4.78, 5) is 18.0. The van der Waals surface area contributed by atoms with Crippen molar-refractivity contribution in [1.29, 1.82) is 0 Å². The Kier molecular flexibility index (Phi) is 3.90. The van der Waals surface area contributed by atoms with E-state index in [1.807, 2.05) is 25.1 Å². The molecular weight excluding hydrogens is 312 g/mol. The molecule has 0 fully saturated rings. The first-order valence-corrected chi connectivity index (χ1v) is 6.41. The predicted octanol–water partition coefficient (Wildman–Crippen LogP) is 2.78. The average Bonchev–Trinajstić information content (AvgIpc) is 2.69. The number of hydrogen-bond donors (Lipinski definition) is 2. The van der Waals surface area contributed by atoms with Gasteiger partial charge in [0.15, 0.2) is 4.73 Å². The minimum Gasteiger partial charge on any atom is -0.496 e. The van der Waals surface area contributed by atoms with E-state index in [0.717, 1.165) is 16.9 Å². The summed E-state index contributed by atoms with van der Waals surface area (Å²) in [5.74, 6) is -0.110. The molecule has 0 aliphatic heterocycles. The van der Waals surface area contributed by atoms with Gasteiger partial charge in [-0.2, -0.15) is 0 Å². The maximum Gasteiger partial charge on any atom is 0.309 e. The molecule has 1 aromatic carbocycles. The normalized spacial score (nSPS) is 10.5. The van der Waals surface area contributed by atoms with E-state index in [0.29, 0.717) is 16.1 Å². The van der Waals surface area contributed by atoms with Crippen LogP contribution >= 0.6 is 15.9 Å². The fourth-order valence-corrected chi connectivity index (χ4v) is 2.34. The summed E-state index contributed by atoms with van der Waals surface area (Å²) in [6.45, 7) is 1.93. The van der Waals surface area contributed by atoms with E-state index in [1.54, 1.807) is 7.11 Å². The number of imidazole rings is 1. The Morgan fingerprint density at radius 3 is 2.84 bits per heavy atom. The average molecular weight is 325 g/mol. The molecule has 5 nitrogen and oxygen atoms in total. The Hall–Kier alpha value is -1.82. The third-order valence-electron chi connectivity index (χ3n) is 2.75. The van der Waals surface area contributed by atoms with Crippen LogP contribution in [0.15, 0.2) is 22.9 Å². The van der Waals surface area contributed by atoms with Crippen molar-refractivity contribution in [2.24, 2.45) is 0 Å². The number of aromatic amines is 1. The van der Waals surface area contributed by atoms with Crippen LogP contribution in [0.4, 0.5) is 0 Å². The summed E-state index contributed by atoms with van der Waals surface area (Å²) in [6.07, 6.45) is -0.0982. The summed E-state index contributed by atoms with van der Waals surface area (Å²) in [6, 6.07) is 5.63. The lowest BCUT2D eigenvalue weighted by molar-refractivity contribution is -0.136. The van der Waals surface area contributed by atoms with Crippen molar-refractivity contribution in [2.75, 3.05) is 7.11 Å². The molecule has 0 radical (unpaired) electrons. The highest BCUT2D eigenvalue weighted by Crippen LogP contribution is 2.28. The van der Waals surface area contributed by atoms with E-state index in [1.165, 1.54) is 0 Å². The Bertz CT molecular complexity index is 622. The second-order valence-electron chi connectivity index (χ2n) is 4.11. The van der Waals surface area contributed by atoms with Crippen LogP contribution in [0.3, 0.4) is 0 Å². The number of carboxylic acids is 1. The van der Waals surface area contributed by atoms with Gasteiger partial charge in [0.1, 0.15) is 5.75 Å². The Labute approximate surface area is 118 Å². The van der Waals surface area contributed by atoms with Crippen LogP contribution in [-0.4, -0.2) is 28.2 Å². The third kappa shape index (κ3) is 2.96. The van der Waals surface area contributed by atoms with Gasteiger partial charge in [-0.25, -0.2) is 4.98 Å². The summed E-state index contributed by atoms with van der Waals surface area (Å²) in [5.41, 5.74) is 3.04. The van der Waals surface area contributed by atoms with Gasteiger partial charge in [0, 0.05) is 5.56 Å². The van der Waals surface area contributed by atoms with Crippen molar-refractivity contribution in [3.8, 4) is 17.0 Å². The number of carboxylic acid groups (broad SMARTS) is 1. The van der Waals surface area contributed by atoms with Gasteiger partial charge < -0.3 is 14.8 Å². The molecule has 2 rings (SSSR count). The molecule has 0 atom stereocenters. The van der Waals surface area contributed by atoms with Crippen LogP contribution in [0.1, 0.15) is 11.3 Å². The number of aryl methyl sites for hydroxylation is 1. The van der Waals surface area contributed by atoms with Gasteiger partial charge in [0.2, 0.25) is 0 Å². The van der Waals surface area contributed by atoms with E-state index in [4.69, 9.17) is 9.84 Å².